The Labute approximate surface area is 119 Å². The molecule has 0 radical (unpaired) electrons. The van der Waals surface area contributed by atoms with E-state index < -0.39 is 0 Å². The molecule has 0 amide bonds. The van der Waals surface area contributed by atoms with Crippen molar-refractivity contribution in [2.45, 2.75) is 12.8 Å². The summed E-state index contributed by atoms with van der Waals surface area (Å²) >= 11 is 5.81. The van der Waals surface area contributed by atoms with Gasteiger partial charge >= 0.3 is 0 Å². The molecule has 5 heteroatoms. The Balaban J connectivity index is 1.60. The first kappa shape index (κ1) is 14.0. The Morgan fingerprint density at radius 2 is 2.05 bits per heavy atom. The lowest BCUT2D eigenvalue weighted by Gasteiger charge is -2.12. The minimum atomic E-state index is 0.589. The van der Waals surface area contributed by atoms with Gasteiger partial charge in [0.25, 0.3) is 0 Å². The topological polar surface area (TPSA) is 45.7 Å². The Bertz CT molecular complexity index is 415. The van der Waals surface area contributed by atoms with E-state index >= 15 is 0 Å². The zero-order chi connectivity index (χ0) is 13.5. The van der Waals surface area contributed by atoms with Crippen molar-refractivity contribution in [2.24, 2.45) is 10.9 Å². The predicted octanol–water partition coefficient (Wildman–Crippen LogP) is 2.29. The monoisotopic (exact) mass is 281 g/mol. The molecule has 104 valence electrons. The van der Waals surface area contributed by atoms with Gasteiger partial charge in [0.2, 0.25) is 0 Å². The van der Waals surface area contributed by atoms with Gasteiger partial charge < -0.3 is 15.4 Å². The fraction of sp³-hybridized carbons (Fsp3) is 0.500. The van der Waals surface area contributed by atoms with Crippen LogP contribution in [0.25, 0.3) is 0 Å². The summed E-state index contributed by atoms with van der Waals surface area (Å²) in [5.74, 6) is 2.50. The Hall–Kier alpha value is -1.42. The predicted molar refractivity (Wildman–Crippen MR) is 79.0 cm³/mol. The van der Waals surface area contributed by atoms with Gasteiger partial charge in [-0.25, -0.2) is 0 Å². The highest BCUT2D eigenvalue weighted by Crippen LogP contribution is 2.27. The molecule has 19 heavy (non-hydrogen) atoms. The number of nitrogens with zero attached hydrogens (tertiary/aromatic N) is 1. The van der Waals surface area contributed by atoms with Gasteiger partial charge in [0, 0.05) is 18.6 Å². The van der Waals surface area contributed by atoms with Crippen LogP contribution in [0.5, 0.6) is 5.75 Å². The average molecular weight is 282 g/mol. The highest BCUT2D eigenvalue weighted by Gasteiger charge is 2.20. The Morgan fingerprint density at radius 1 is 1.32 bits per heavy atom. The maximum absolute atomic E-state index is 5.81. The third-order valence-electron chi connectivity index (χ3n) is 2.96. The summed E-state index contributed by atoms with van der Waals surface area (Å²) in [6.45, 7) is 2.32. The van der Waals surface area contributed by atoms with Crippen LogP contribution in [0.2, 0.25) is 5.02 Å². The van der Waals surface area contributed by atoms with E-state index in [9.17, 15) is 0 Å². The molecule has 1 aromatic rings. The van der Waals surface area contributed by atoms with Gasteiger partial charge in [-0.1, -0.05) is 11.6 Å². The molecule has 1 aliphatic rings. The average Bonchev–Trinajstić information content (AvgIpc) is 3.24. The minimum Gasteiger partial charge on any atom is -0.492 e. The van der Waals surface area contributed by atoms with Crippen molar-refractivity contribution in [2.75, 3.05) is 26.7 Å². The summed E-state index contributed by atoms with van der Waals surface area (Å²) in [7, 11) is 1.78. The van der Waals surface area contributed by atoms with Crippen LogP contribution >= 0.6 is 11.6 Å². The fourth-order valence-electron chi connectivity index (χ4n) is 1.65. The van der Waals surface area contributed by atoms with E-state index in [4.69, 9.17) is 16.3 Å². The lowest BCUT2D eigenvalue weighted by molar-refractivity contribution is 0.322. The first-order valence-electron chi connectivity index (χ1n) is 6.61. The minimum absolute atomic E-state index is 0.589. The summed E-state index contributed by atoms with van der Waals surface area (Å²) in [6.07, 6.45) is 2.67. The molecule has 0 aliphatic heterocycles. The summed E-state index contributed by atoms with van der Waals surface area (Å²) in [4.78, 5) is 4.17. The number of hydrogen-bond acceptors (Lipinski definition) is 2. The van der Waals surface area contributed by atoms with E-state index in [1.165, 1.54) is 12.8 Å². The van der Waals surface area contributed by atoms with E-state index in [2.05, 4.69) is 15.6 Å². The number of benzene rings is 1. The molecular weight excluding hydrogens is 262 g/mol. The molecule has 1 fully saturated rings. The lowest BCUT2D eigenvalue weighted by Crippen LogP contribution is -2.40. The van der Waals surface area contributed by atoms with Crippen molar-refractivity contribution in [3.8, 4) is 5.75 Å². The second-order valence-corrected chi connectivity index (χ2v) is 5.06. The summed E-state index contributed by atoms with van der Waals surface area (Å²) < 4.78 is 5.59. The van der Waals surface area contributed by atoms with E-state index in [-0.39, 0.29) is 0 Å². The molecular formula is C14H20ClN3O. The first-order chi connectivity index (χ1) is 9.28. The molecule has 4 nitrogen and oxygen atoms in total. The van der Waals surface area contributed by atoms with Gasteiger partial charge in [-0.2, -0.15) is 0 Å². The number of halogens is 1. The zero-order valence-electron chi connectivity index (χ0n) is 11.2. The number of nitrogens with one attached hydrogen (secondary N) is 2. The molecule has 1 aliphatic carbocycles. The van der Waals surface area contributed by atoms with E-state index in [0.29, 0.717) is 13.2 Å². The van der Waals surface area contributed by atoms with Crippen LogP contribution in [0.3, 0.4) is 0 Å². The first-order valence-corrected chi connectivity index (χ1v) is 6.98. The van der Waals surface area contributed by atoms with Crippen molar-refractivity contribution < 1.29 is 4.74 Å². The Morgan fingerprint density at radius 3 is 2.68 bits per heavy atom. The maximum Gasteiger partial charge on any atom is 0.191 e. The second-order valence-electron chi connectivity index (χ2n) is 4.63. The highest BCUT2D eigenvalue weighted by atomic mass is 35.5. The summed E-state index contributed by atoms with van der Waals surface area (Å²) in [6, 6.07) is 7.37. The fourth-order valence-corrected chi connectivity index (χ4v) is 1.78. The summed E-state index contributed by atoms with van der Waals surface area (Å²) in [5, 5.41) is 7.24. The van der Waals surface area contributed by atoms with Gasteiger partial charge in [0.15, 0.2) is 5.96 Å². The van der Waals surface area contributed by atoms with Gasteiger partial charge in [0.05, 0.1) is 6.54 Å². The molecule has 0 spiro atoms. The van der Waals surface area contributed by atoms with Crippen molar-refractivity contribution >= 4 is 17.6 Å². The lowest BCUT2D eigenvalue weighted by atomic mass is 10.3. The number of aliphatic imine (C=N–C) groups is 1. The van der Waals surface area contributed by atoms with Crippen LogP contribution < -0.4 is 15.4 Å². The van der Waals surface area contributed by atoms with Crippen LogP contribution in [0.15, 0.2) is 29.3 Å². The molecule has 1 saturated carbocycles. The van der Waals surface area contributed by atoms with Gasteiger partial charge in [-0.3, -0.25) is 4.99 Å². The van der Waals surface area contributed by atoms with Crippen molar-refractivity contribution in [1.29, 1.82) is 0 Å². The van der Waals surface area contributed by atoms with Crippen LogP contribution in [0, 0.1) is 5.92 Å². The van der Waals surface area contributed by atoms with Crippen LogP contribution in [-0.4, -0.2) is 32.7 Å². The van der Waals surface area contributed by atoms with E-state index in [1.54, 1.807) is 7.05 Å². The van der Waals surface area contributed by atoms with Crippen LogP contribution in [-0.2, 0) is 0 Å². The zero-order valence-corrected chi connectivity index (χ0v) is 11.9. The number of ether oxygens (including phenoxy) is 1. The quantitative estimate of drug-likeness (QED) is 0.478. The molecule has 2 rings (SSSR count). The van der Waals surface area contributed by atoms with E-state index in [0.717, 1.165) is 29.2 Å². The number of guanidine groups is 1. The van der Waals surface area contributed by atoms with Crippen molar-refractivity contribution in [3.05, 3.63) is 29.3 Å². The molecule has 0 saturated heterocycles. The molecule has 0 atom stereocenters. The van der Waals surface area contributed by atoms with Crippen LogP contribution in [0.1, 0.15) is 12.8 Å². The largest absolute Gasteiger partial charge is 0.492 e. The maximum atomic E-state index is 5.81. The third kappa shape index (κ3) is 5.39. The number of rotatable bonds is 6. The second kappa shape index (κ2) is 7.24. The molecule has 1 aromatic carbocycles. The molecule has 0 unspecified atom stereocenters. The van der Waals surface area contributed by atoms with Gasteiger partial charge in [-0.05, 0) is 43.0 Å². The molecule has 2 N–H and O–H groups in total. The standard InChI is InChI=1S/C14H20ClN3O/c1-16-14(18-10-11-2-3-11)17-8-9-19-13-6-4-12(15)5-7-13/h4-7,11H,2-3,8-10H2,1H3,(H2,16,17,18). The van der Waals surface area contributed by atoms with Gasteiger partial charge in [-0.15, -0.1) is 0 Å². The van der Waals surface area contributed by atoms with Crippen molar-refractivity contribution in [1.82, 2.24) is 10.6 Å². The third-order valence-corrected chi connectivity index (χ3v) is 3.21. The molecule has 0 bridgehead atoms. The molecule has 0 heterocycles. The summed E-state index contributed by atoms with van der Waals surface area (Å²) in [5.41, 5.74) is 0. The van der Waals surface area contributed by atoms with Crippen molar-refractivity contribution in [3.63, 3.8) is 0 Å². The van der Waals surface area contributed by atoms with Gasteiger partial charge in [0.1, 0.15) is 12.4 Å². The Kier molecular flexibility index (Phi) is 5.33. The molecule has 0 aromatic heterocycles. The normalized spacial score (nSPS) is 15.2. The van der Waals surface area contributed by atoms with Crippen LogP contribution in [0.4, 0.5) is 0 Å². The smallest absolute Gasteiger partial charge is 0.191 e. The SMILES string of the molecule is CN=C(NCCOc1ccc(Cl)cc1)NCC1CC1. The number of hydrogen-bond donors (Lipinski definition) is 2. The highest BCUT2D eigenvalue weighted by molar-refractivity contribution is 6.30. The van der Waals surface area contributed by atoms with E-state index in [1.807, 2.05) is 24.3 Å².